The zero-order valence-electron chi connectivity index (χ0n) is 16.6. The smallest absolute Gasteiger partial charge is 0.228 e. The standard InChI is InChI=1S/C23H24ClN3O3/c24-19-8-4-5-9-20(19)25-22(29)16-10-12-26(13-11-16)23(30)17-14-21(28)27(15-17)18-6-2-1-3-7-18/h1-9,16-17H,10-15H2,(H,25,29). The van der Waals surface area contributed by atoms with Gasteiger partial charge >= 0.3 is 0 Å². The molecule has 2 fully saturated rings. The SMILES string of the molecule is O=C(Nc1ccccc1Cl)C1CCN(C(=O)C2CC(=O)N(c3ccccc3)C2)CC1. The molecule has 30 heavy (non-hydrogen) atoms. The summed E-state index contributed by atoms with van der Waals surface area (Å²) in [6, 6.07) is 16.6. The van der Waals surface area contributed by atoms with E-state index in [1.807, 2.05) is 42.5 Å². The van der Waals surface area contributed by atoms with Crippen molar-refractivity contribution in [1.29, 1.82) is 0 Å². The fourth-order valence-corrected chi connectivity index (χ4v) is 4.33. The molecule has 2 aromatic rings. The fourth-order valence-electron chi connectivity index (χ4n) is 4.15. The van der Waals surface area contributed by atoms with Crippen LogP contribution in [0.1, 0.15) is 19.3 Å². The van der Waals surface area contributed by atoms with E-state index in [1.54, 1.807) is 21.9 Å². The van der Waals surface area contributed by atoms with Crippen molar-refractivity contribution in [2.24, 2.45) is 11.8 Å². The van der Waals surface area contributed by atoms with E-state index in [4.69, 9.17) is 11.6 Å². The van der Waals surface area contributed by atoms with Crippen LogP contribution in [0.4, 0.5) is 11.4 Å². The Hall–Kier alpha value is -2.86. The Morgan fingerprint density at radius 3 is 2.30 bits per heavy atom. The van der Waals surface area contributed by atoms with Crippen molar-refractivity contribution in [3.05, 3.63) is 59.6 Å². The number of amides is 3. The minimum Gasteiger partial charge on any atom is -0.342 e. The number of carbonyl (C=O) groups is 3. The van der Waals surface area contributed by atoms with Crippen molar-refractivity contribution in [3.63, 3.8) is 0 Å². The summed E-state index contributed by atoms with van der Waals surface area (Å²) < 4.78 is 0. The first-order valence-electron chi connectivity index (χ1n) is 10.2. The van der Waals surface area contributed by atoms with Crippen LogP contribution in [-0.4, -0.2) is 42.3 Å². The average Bonchev–Trinajstić information content (AvgIpc) is 3.17. The number of nitrogens with zero attached hydrogens (tertiary/aromatic N) is 2. The highest BCUT2D eigenvalue weighted by atomic mass is 35.5. The summed E-state index contributed by atoms with van der Waals surface area (Å²) in [6.45, 7) is 1.46. The lowest BCUT2D eigenvalue weighted by Gasteiger charge is -2.33. The van der Waals surface area contributed by atoms with Crippen molar-refractivity contribution in [2.75, 3.05) is 29.9 Å². The lowest BCUT2D eigenvalue weighted by atomic mass is 9.94. The van der Waals surface area contributed by atoms with E-state index < -0.39 is 0 Å². The molecule has 156 valence electrons. The zero-order chi connectivity index (χ0) is 21.1. The Balaban J connectivity index is 1.31. The van der Waals surface area contributed by atoms with E-state index in [2.05, 4.69) is 5.32 Å². The third-order valence-electron chi connectivity index (χ3n) is 5.85. The van der Waals surface area contributed by atoms with Gasteiger partial charge in [-0.3, -0.25) is 14.4 Å². The minimum atomic E-state index is -0.328. The number of para-hydroxylation sites is 2. The summed E-state index contributed by atoms with van der Waals surface area (Å²) in [5.41, 5.74) is 1.43. The Labute approximate surface area is 180 Å². The number of hydrogen-bond donors (Lipinski definition) is 1. The second-order valence-electron chi connectivity index (χ2n) is 7.81. The number of piperidine rings is 1. The van der Waals surface area contributed by atoms with Gasteiger partial charge in [0.1, 0.15) is 0 Å². The minimum absolute atomic E-state index is 0.00624. The maximum Gasteiger partial charge on any atom is 0.228 e. The van der Waals surface area contributed by atoms with Crippen LogP contribution in [0.25, 0.3) is 0 Å². The summed E-state index contributed by atoms with van der Waals surface area (Å²) >= 11 is 6.11. The van der Waals surface area contributed by atoms with E-state index in [-0.39, 0.29) is 36.0 Å². The second kappa shape index (κ2) is 8.88. The van der Waals surface area contributed by atoms with Gasteiger partial charge in [-0.25, -0.2) is 0 Å². The van der Waals surface area contributed by atoms with Gasteiger partial charge in [-0.15, -0.1) is 0 Å². The van der Waals surface area contributed by atoms with E-state index >= 15 is 0 Å². The van der Waals surface area contributed by atoms with Crippen LogP contribution in [0.2, 0.25) is 5.02 Å². The molecule has 3 amide bonds. The summed E-state index contributed by atoms with van der Waals surface area (Å²) in [6.07, 6.45) is 1.44. The summed E-state index contributed by atoms with van der Waals surface area (Å²) in [7, 11) is 0. The Morgan fingerprint density at radius 1 is 0.933 bits per heavy atom. The van der Waals surface area contributed by atoms with Crippen LogP contribution in [-0.2, 0) is 14.4 Å². The third-order valence-corrected chi connectivity index (χ3v) is 6.18. The first-order valence-corrected chi connectivity index (χ1v) is 10.6. The molecule has 1 unspecified atom stereocenters. The molecule has 0 aliphatic carbocycles. The molecular formula is C23H24ClN3O3. The number of rotatable bonds is 4. The summed E-state index contributed by atoms with van der Waals surface area (Å²) in [5, 5.41) is 3.39. The van der Waals surface area contributed by atoms with Gasteiger partial charge in [-0.2, -0.15) is 0 Å². The normalized spacial score (nSPS) is 19.8. The number of nitrogens with one attached hydrogen (secondary N) is 1. The van der Waals surface area contributed by atoms with E-state index in [1.165, 1.54) is 0 Å². The molecule has 0 bridgehead atoms. The topological polar surface area (TPSA) is 69.7 Å². The number of likely N-dealkylation sites (tertiary alicyclic amines) is 1. The van der Waals surface area contributed by atoms with E-state index in [0.29, 0.717) is 43.2 Å². The van der Waals surface area contributed by atoms with Gasteiger partial charge in [0.05, 0.1) is 16.6 Å². The van der Waals surface area contributed by atoms with Crippen molar-refractivity contribution in [1.82, 2.24) is 4.90 Å². The van der Waals surface area contributed by atoms with Crippen molar-refractivity contribution in [2.45, 2.75) is 19.3 Å². The third kappa shape index (κ3) is 4.33. The molecule has 7 heteroatoms. The van der Waals surface area contributed by atoms with Gasteiger partial charge < -0.3 is 15.1 Å². The zero-order valence-corrected chi connectivity index (χ0v) is 17.3. The molecule has 0 radical (unpaired) electrons. The largest absolute Gasteiger partial charge is 0.342 e. The number of benzene rings is 2. The number of hydrogen-bond acceptors (Lipinski definition) is 3. The molecule has 2 aliphatic rings. The van der Waals surface area contributed by atoms with Gasteiger partial charge in [0.25, 0.3) is 0 Å². The highest BCUT2D eigenvalue weighted by Gasteiger charge is 2.38. The first kappa shape index (κ1) is 20.4. The molecule has 1 N–H and O–H groups in total. The molecule has 4 rings (SSSR count). The Kier molecular flexibility index (Phi) is 6.04. The molecule has 2 aromatic carbocycles. The number of carbonyl (C=O) groups excluding carboxylic acids is 3. The highest BCUT2D eigenvalue weighted by molar-refractivity contribution is 6.33. The lowest BCUT2D eigenvalue weighted by molar-refractivity contribution is -0.138. The van der Waals surface area contributed by atoms with Gasteiger partial charge in [0.15, 0.2) is 0 Å². The predicted octanol–water partition coefficient (Wildman–Crippen LogP) is 3.57. The summed E-state index contributed by atoms with van der Waals surface area (Å²) in [4.78, 5) is 41.4. The van der Waals surface area contributed by atoms with Gasteiger partial charge in [-0.1, -0.05) is 41.9 Å². The highest BCUT2D eigenvalue weighted by Crippen LogP contribution is 2.28. The van der Waals surface area contributed by atoms with E-state index in [0.717, 1.165) is 5.69 Å². The van der Waals surface area contributed by atoms with E-state index in [9.17, 15) is 14.4 Å². The predicted molar refractivity (Wildman–Crippen MR) is 116 cm³/mol. The molecule has 0 aromatic heterocycles. The Bertz CT molecular complexity index is 942. The molecule has 1 atom stereocenters. The number of halogens is 1. The quantitative estimate of drug-likeness (QED) is 0.814. The average molecular weight is 426 g/mol. The van der Waals surface area contributed by atoms with Crippen LogP contribution in [0.3, 0.4) is 0 Å². The maximum atomic E-state index is 13.0. The van der Waals surface area contributed by atoms with Crippen LogP contribution in [0.15, 0.2) is 54.6 Å². The maximum absolute atomic E-state index is 13.0. The lowest BCUT2D eigenvalue weighted by Crippen LogP contribution is -2.44. The molecule has 2 aliphatic heterocycles. The van der Waals surface area contributed by atoms with Gasteiger partial charge in [0.2, 0.25) is 17.7 Å². The summed E-state index contributed by atoms with van der Waals surface area (Å²) in [5.74, 6) is -0.565. The second-order valence-corrected chi connectivity index (χ2v) is 8.22. The molecule has 0 spiro atoms. The first-order chi connectivity index (χ1) is 14.5. The molecular weight excluding hydrogens is 402 g/mol. The van der Waals surface area contributed by atoms with Crippen molar-refractivity contribution >= 4 is 40.7 Å². The molecule has 2 saturated heterocycles. The monoisotopic (exact) mass is 425 g/mol. The molecule has 0 saturated carbocycles. The Morgan fingerprint density at radius 2 is 1.60 bits per heavy atom. The van der Waals surface area contributed by atoms with Gasteiger partial charge in [0, 0.05) is 37.7 Å². The number of anilines is 2. The van der Waals surface area contributed by atoms with Crippen LogP contribution < -0.4 is 10.2 Å². The van der Waals surface area contributed by atoms with Crippen molar-refractivity contribution in [3.8, 4) is 0 Å². The molecule has 2 heterocycles. The fraction of sp³-hybridized carbons (Fsp3) is 0.348. The van der Waals surface area contributed by atoms with Gasteiger partial charge in [-0.05, 0) is 37.1 Å². The van der Waals surface area contributed by atoms with Crippen LogP contribution >= 0.6 is 11.6 Å². The van der Waals surface area contributed by atoms with Crippen LogP contribution in [0.5, 0.6) is 0 Å². The molecule has 6 nitrogen and oxygen atoms in total. The van der Waals surface area contributed by atoms with Crippen LogP contribution in [0, 0.1) is 11.8 Å². The van der Waals surface area contributed by atoms with Crippen molar-refractivity contribution < 1.29 is 14.4 Å².